The van der Waals surface area contributed by atoms with Crippen LogP contribution >= 0.6 is 0 Å². The van der Waals surface area contributed by atoms with Gasteiger partial charge >= 0.3 is 0 Å². The SMILES string of the molecule is COc1cccc(C(=O)NNC(=O)Cc2ccc([N+](=O)[O-])cc2)c1. The molecule has 0 bridgehead atoms. The van der Waals surface area contributed by atoms with Crippen molar-refractivity contribution < 1.29 is 19.2 Å². The van der Waals surface area contributed by atoms with E-state index in [2.05, 4.69) is 10.9 Å². The summed E-state index contributed by atoms with van der Waals surface area (Å²) in [7, 11) is 1.49. The molecule has 0 saturated carbocycles. The van der Waals surface area contributed by atoms with E-state index in [-0.39, 0.29) is 12.1 Å². The number of carbonyl (C=O) groups is 2. The molecule has 24 heavy (non-hydrogen) atoms. The molecule has 8 heteroatoms. The van der Waals surface area contributed by atoms with Crippen molar-refractivity contribution in [3.8, 4) is 5.75 Å². The van der Waals surface area contributed by atoms with E-state index >= 15 is 0 Å². The van der Waals surface area contributed by atoms with Crippen LogP contribution in [0.1, 0.15) is 15.9 Å². The minimum atomic E-state index is -0.516. The molecule has 0 aromatic heterocycles. The molecule has 2 amide bonds. The van der Waals surface area contributed by atoms with Gasteiger partial charge in [-0.15, -0.1) is 0 Å². The van der Waals surface area contributed by atoms with Gasteiger partial charge in [-0.3, -0.25) is 30.6 Å². The normalized spacial score (nSPS) is 9.88. The summed E-state index contributed by atoms with van der Waals surface area (Å²) in [4.78, 5) is 33.8. The zero-order valence-electron chi connectivity index (χ0n) is 12.8. The molecule has 2 aromatic rings. The molecule has 0 spiro atoms. The number of nitrogens with one attached hydrogen (secondary N) is 2. The number of benzene rings is 2. The lowest BCUT2D eigenvalue weighted by Gasteiger charge is -2.08. The van der Waals surface area contributed by atoms with Crippen molar-refractivity contribution in [2.45, 2.75) is 6.42 Å². The average Bonchev–Trinajstić information content (AvgIpc) is 2.60. The quantitative estimate of drug-likeness (QED) is 0.639. The number of rotatable bonds is 5. The number of hydrazine groups is 1. The van der Waals surface area contributed by atoms with E-state index in [1.165, 1.54) is 37.4 Å². The Labute approximate surface area is 137 Å². The van der Waals surface area contributed by atoms with Crippen molar-refractivity contribution >= 4 is 17.5 Å². The van der Waals surface area contributed by atoms with E-state index in [0.717, 1.165) is 0 Å². The van der Waals surface area contributed by atoms with Crippen LogP contribution < -0.4 is 15.6 Å². The number of nitrogens with zero attached hydrogens (tertiary/aromatic N) is 1. The molecule has 0 radical (unpaired) electrons. The summed E-state index contributed by atoms with van der Waals surface area (Å²) in [5.74, 6) is -0.397. The van der Waals surface area contributed by atoms with Gasteiger partial charge in [0.25, 0.3) is 11.6 Å². The molecule has 0 saturated heterocycles. The van der Waals surface area contributed by atoms with Crippen LogP contribution in [0.4, 0.5) is 5.69 Å². The number of hydrogen-bond acceptors (Lipinski definition) is 5. The predicted octanol–water partition coefficient (Wildman–Crippen LogP) is 1.61. The first kappa shape index (κ1) is 16.9. The first-order chi connectivity index (χ1) is 11.5. The van der Waals surface area contributed by atoms with Crippen molar-refractivity contribution in [2.24, 2.45) is 0 Å². The molecule has 2 rings (SSSR count). The van der Waals surface area contributed by atoms with Crippen LogP contribution in [-0.4, -0.2) is 23.8 Å². The van der Waals surface area contributed by atoms with Crippen LogP contribution in [0.3, 0.4) is 0 Å². The lowest BCUT2D eigenvalue weighted by Crippen LogP contribution is -2.42. The third kappa shape index (κ3) is 4.54. The summed E-state index contributed by atoms with van der Waals surface area (Å²) in [6.45, 7) is 0. The van der Waals surface area contributed by atoms with Gasteiger partial charge in [-0.25, -0.2) is 0 Å². The Balaban J connectivity index is 1.88. The van der Waals surface area contributed by atoms with Crippen LogP contribution in [0.25, 0.3) is 0 Å². The standard InChI is InChI=1S/C16H15N3O5/c1-24-14-4-2-3-12(10-14)16(21)18-17-15(20)9-11-5-7-13(8-6-11)19(22)23/h2-8,10H,9H2,1H3,(H,17,20)(H,18,21). The summed E-state index contributed by atoms with van der Waals surface area (Å²) >= 11 is 0. The predicted molar refractivity (Wildman–Crippen MR) is 85.4 cm³/mol. The van der Waals surface area contributed by atoms with E-state index in [4.69, 9.17) is 4.74 Å². The lowest BCUT2D eigenvalue weighted by atomic mass is 10.1. The average molecular weight is 329 g/mol. The minimum Gasteiger partial charge on any atom is -0.497 e. The third-order valence-electron chi connectivity index (χ3n) is 3.16. The fourth-order valence-electron chi connectivity index (χ4n) is 1.93. The van der Waals surface area contributed by atoms with Gasteiger partial charge in [0, 0.05) is 17.7 Å². The zero-order valence-corrected chi connectivity index (χ0v) is 12.8. The van der Waals surface area contributed by atoms with Gasteiger partial charge in [0.1, 0.15) is 5.75 Å². The fraction of sp³-hybridized carbons (Fsp3) is 0.125. The van der Waals surface area contributed by atoms with E-state index in [1.54, 1.807) is 18.2 Å². The maximum Gasteiger partial charge on any atom is 0.269 e. The first-order valence-electron chi connectivity index (χ1n) is 6.96. The van der Waals surface area contributed by atoms with Crippen LogP contribution in [0, 0.1) is 10.1 Å². The Kier molecular flexibility index (Phi) is 5.45. The molecule has 0 fully saturated rings. The highest BCUT2D eigenvalue weighted by molar-refractivity contribution is 5.95. The minimum absolute atomic E-state index is 0.0175. The molecule has 2 aromatic carbocycles. The Morgan fingerprint density at radius 3 is 2.46 bits per heavy atom. The summed E-state index contributed by atoms with van der Waals surface area (Å²) in [5.41, 5.74) is 5.47. The smallest absolute Gasteiger partial charge is 0.269 e. The molecule has 8 nitrogen and oxygen atoms in total. The van der Waals surface area contributed by atoms with E-state index in [9.17, 15) is 19.7 Å². The second-order valence-corrected chi connectivity index (χ2v) is 4.83. The highest BCUT2D eigenvalue weighted by Crippen LogP contribution is 2.13. The molecular weight excluding hydrogens is 314 g/mol. The Morgan fingerprint density at radius 2 is 1.83 bits per heavy atom. The summed E-state index contributed by atoms with van der Waals surface area (Å²) in [5, 5.41) is 10.6. The van der Waals surface area contributed by atoms with Gasteiger partial charge in [0.2, 0.25) is 5.91 Å². The number of nitro groups is 1. The molecule has 0 atom stereocenters. The van der Waals surface area contributed by atoms with Crippen molar-refractivity contribution in [3.05, 3.63) is 69.8 Å². The largest absolute Gasteiger partial charge is 0.497 e. The van der Waals surface area contributed by atoms with Gasteiger partial charge in [-0.1, -0.05) is 18.2 Å². The Bertz CT molecular complexity index is 759. The van der Waals surface area contributed by atoms with Gasteiger partial charge in [-0.2, -0.15) is 0 Å². The van der Waals surface area contributed by atoms with Crippen molar-refractivity contribution in [1.29, 1.82) is 0 Å². The zero-order chi connectivity index (χ0) is 17.5. The van der Waals surface area contributed by atoms with E-state index < -0.39 is 16.7 Å². The van der Waals surface area contributed by atoms with Crippen molar-refractivity contribution in [2.75, 3.05) is 7.11 Å². The highest BCUT2D eigenvalue weighted by Gasteiger charge is 2.10. The van der Waals surface area contributed by atoms with Crippen molar-refractivity contribution in [1.82, 2.24) is 10.9 Å². The third-order valence-corrected chi connectivity index (χ3v) is 3.16. The number of ether oxygens (including phenoxy) is 1. The number of non-ortho nitro benzene ring substituents is 1. The van der Waals surface area contributed by atoms with E-state index in [1.807, 2.05) is 0 Å². The maximum absolute atomic E-state index is 11.9. The molecule has 0 aliphatic rings. The topological polar surface area (TPSA) is 111 Å². The van der Waals surface area contributed by atoms with Gasteiger partial charge < -0.3 is 4.74 Å². The first-order valence-corrected chi connectivity index (χ1v) is 6.96. The summed E-state index contributed by atoms with van der Waals surface area (Å²) < 4.78 is 5.02. The molecule has 0 aliphatic carbocycles. The van der Waals surface area contributed by atoms with Crippen molar-refractivity contribution in [3.63, 3.8) is 0 Å². The van der Waals surface area contributed by atoms with Crippen LogP contribution in [0.15, 0.2) is 48.5 Å². The van der Waals surface area contributed by atoms with Crippen LogP contribution in [0.2, 0.25) is 0 Å². The second-order valence-electron chi connectivity index (χ2n) is 4.83. The Hall–Kier alpha value is -3.42. The number of methoxy groups -OCH3 is 1. The molecule has 124 valence electrons. The second kappa shape index (κ2) is 7.73. The molecule has 0 aliphatic heterocycles. The lowest BCUT2D eigenvalue weighted by molar-refractivity contribution is -0.384. The number of amides is 2. The number of hydrogen-bond donors (Lipinski definition) is 2. The molecular formula is C16H15N3O5. The number of carbonyl (C=O) groups excluding carboxylic acids is 2. The van der Waals surface area contributed by atoms with Gasteiger partial charge in [-0.05, 0) is 23.8 Å². The fourth-order valence-corrected chi connectivity index (χ4v) is 1.93. The van der Waals surface area contributed by atoms with Gasteiger partial charge in [0.05, 0.1) is 18.5 Å². The van der Waals surface area contributed by atoms with Crippen LogP contribution in [0.5, 0.6) is 5.75 Å². The molecule has 2 N–H and O–H groups in total. The monoisotopic (exact) mass is 329 g/mol. The highest BCUT2D eigenvalue weighted by atomic mass is 16.6. The van der Waals surface area contributed by atoms with Gasteiger partial charge in [0.15, 0.2) is 0 Å². The van der Waals surface area contributed by atoms with E-state index in [0.29, 0.717) is 16.9 Å². The molecule has 0 unspecified atom stereocenters. The summed E-state index contributed by atoms with van der Waals surface area (Å²) in [6.07, 6.45) is -0.0175. The Morgan fingerprint density at radius 1 is 1.12 bits per heavy atom. The molecule has 0 heterocycles. The summed E-state index contributed by atoms with van der Waals surface area (Å²) in [6, 6.07) is 12.1. The number of nitro benzene ring substituents is 1. The van der Waals surface area contributed by atoms with Crippen LogP contribution in [-0.2, 0) is 11.2 Å². The maximum atomic E-state index is 11.9.